The van der Waals surface area contributed by atoms with E-state index in [9.17, 15) is 0 Å². The number of benzene rings is 1. The van der Waals surface area contributed by atoms with Gasteiger partial charge in [-0.1, -0.05) is 24.9 Å². The molecule has 0 amide bonds. The van der Waals surface area contributed by atoms with Crippen LogP contribution in [0.3, 0.4) is 0 Å². The molecule has 0 heterocycles. The Labute approximate surface area is 134 Å². The Hall–Kier alpha value is -0.930. The van der Waals surface area contributed by atoms with Crippen molar-refractivity contribution in [2.75, 3.05) is 7.11 Å². The average molecular weight is 314 g/mol. The van der Waals surface area contributed by atoms with E-state index in [-0.39, 0.29) is 11.6 Å². The first-order valence-electron chi connectivity index (χ1n) is 7.55. The van der Waals surface area contributed by atoms with Crippen LogP contribution < -0.4 is 14.8 Å². The summed E-state index contributed by atoms with van der Waals surface area (Å²) in [5.74, 6) is 1.33. The smallest absolute Gasteiger partial charge is 0.180 e. The first-order valence-corrected chi connectivity index (χ1v) is 7.92. The van der Waals surface area contributed by atoms with Crippen LogP contribution in [0.4, 0.5) is 0 Å². The van der Waals surface area contributed by atoms with Gasteiger partial charge in [-0.2, -0.15) is 0 Å². The van der Waals surface area contributed by atoms with Gasteiger partial charge in [-0.05, 0) is 51.8 Å². The van der Waals surface area contributed by atoms with Crippen LogP contribution >= 0.6 is 11.6 Å². The Morgan fingerprint density at radius 2 is 1.95 bits per heavy atom. The number of hydrogen-bond acceptors (Lipinski definition) is 3. The molecule has 4 heteroatoms. The summed E-state index contributed by atoms with van der Waals surface area (Å²) in [7, 11) is 1.64. The van der Waals surface area contributed by atoms with Crippen LogP contribution in [0.15, 0.2) is 12.1 Å². The molecule has 1 atom stereocenters. The van der Waals surface area contributed by atoms with Crippen LogP contribution in [0.1, 0.15) is 53.0 Å². The van der Waals surface area contributed by atoms with Crippen LogP contribution in [0, 0.1) is 0 Å². The van der Waals surface area contributed by atoms with Crippen molar-refractivity contribution in [1.82, 2.24) is 5.32 Å². The van der Waals surface area contributed by atoms with Gasteiger partial charge >= 0.3 is 0 Å². The lowest BCUT2D eigenvalue weighted by molar-refractivity contribution is 0.201. The van der Waals surface area contributed by atoms with E-state index in [1.165, 1.54) is 0 Å². The maximum absolute atomic E-state index is 6.37. The molecule has 0 aliphatic rings. The monoisotopic (exact) mass is 313 g/mol. The molecule has 0 saturated heterocycles. The normalized spacial score (nSPS) is 13.1. The van der Waals surface area contributed by atoms with Crippen molar-refractivity contribution < 1.29 is 9.47 Å². The number of rotatable bonds is 7. The number of hydrogen-bond donors (Lipinski definition) is 1. The van der Waals surface area contributed by atoms with E-state index in [0.29, 0.717) is 16.5 Å². The van der Waals surface area contributed by atoms with Gasteiger partial charge in [-0.25, -0.2) is 0 Å². The second kappa shape index (κ2) is 7.90. The van der Waals surface area contributed by atoms with Crippen LogP contribution in [0.5, 0.6) is 11.5 Å². The Morgan fingerprint density at radius 3 is 2.48 bits per heavy atom. The van der Waals surface area contributed by atoms with E-state index >= 15 is 0 Å². The fourth-order valence-electron chi connectivity index (χ4n) is 2.02. The topological polar surface area (TPSA) is 30.5 Å². The summed E-state index contributed by atoms with van der Waals surface area (Å²) in [5.41, 5.74) is 1.15. The minimum atomic E-state index is 0.0600. The zero-order valence-corrected chi connectivity index (χ0v) is 14.8. The van der Waals surface area contributed by atoms with Gasteiger partial charge in [0.05, 0.1) is 18.2 Å². The van der Waals surface area contributed by atoms with Crippen LogP contribution in [0.25, 0.3) is 0 Å². The van der Waals surface area contributed by atoms with E-state index < -0.39 is 0 Å². The molecular formula is C17H28ClNO2. The molecule has 1 unspecified atom stereocenters. The van der Waals surface area contributed by atoms with E-state index in [2.05, 4.69) is 33.0 Å². The maximum atomic E-state index is 6.37. The van der Waals surface area contributed by atoms with E-state index in [4.69, 9.17) is 21.1 Å². The lowest BCUT2D eigenvalue weighted by atomic mass is 10.1. The summed E-state index contributed by atoms with van der Waals surface area (Å²) >= 11 is 6.37. The summed E-state index contributed by atoms with van der Waals surface area (Å²) in [4.78, 5) is 0. The molecule has 0 saturated carbocycles. The standard InChI is InChI=1S/C17H28ClNO2/c1-7-8-12(2)21-16-14(18)9-13(10-15(16)20-6)11-19-17(3,4)5/h9-10,12,19H,7-8,11H2,1-6H3. The SMILES string of the molecule is CCCC(C)Oc1c(Cl)cc(CNC(C)(C)C)cc1OC. The third-order valence-corrected chi connectivity index (χ3v) is 3.41. The van der Waals surface area contributed by atoms with Crippen molar-refractivity contribution in [1.29, 1.82) is 0 Å². The first-order chi connectivity index (χ1) is 9.76. The van der Waals surface area contributed by atoms with Gasteiger partial charge in [0.25, 0.3) is 0 Å². The molecule has 0 aliphatic carbocycles. The zero-order chi connectivity index (χ0) is 16.0. The highest BCUT2D eigenvalue weighted by atomic mass is 35.5. The minimum Gasteiger partial charge on any atom is -0.493 e. The predicted molar refractivity (Wildman–Crippen MR) is 89.6 cm³/mol. The number of methoxy groups -OCH3 is 1. The van der Waals surface area contributed by atoms with Gasteiger partial charge in [0, 0.05) is 12.1 Å². The van der Waals surface area contributed by atoms with Crippen molar-refractivity contribution in [3.63, 3.8) is 0 Å². The van der Waals surface area contributed by atoms with Crippen molar-refractivity contribution in [3.8, 4) is 11.5 Å². The van der Waals surface area contributed by atoms with Crippen molar-refractivity contribution >= 4 is 11.6 Å². The molecule has 120 valence electrons. The van der Waals surface area contributed by atoms with Crippen LogP contribution in [-0.2, 0) is 6.54 Å². The van der Waals surface area contributed by atoms with Gasteiger partial charge in [0.15, 0.2) is 11.5 Å². The van der Waals surface area contributed by atoms with E-state index in [0.717, 1.165) is 24.9 Å². The van der Waals surface area contributed by atoms with Gasteiger partial charge < -0.3 is 14.8 Å². The molecule has 0 aromatic heterocycles. The number of nitrogens with one attached hydrogen (secondary N) is 1. The van der Waals surface area contributed by atoms with Crippen molar-refractivity contribution in [2.24, 2.45) is 0 Å². The fourth-order valence-corrected chi connectivity index (χ4v) is 2.30. The molecule has 0 radical (unpaired) electrons. The van der Waals surface area contributed by atoms with E-state index in [1.54, 1.807) is 7.11 Å². The average Bonchev–Trinajstić information content (AvgIpc) is 2.38. The molecule has 21 heavy (non-hydrogen) atoms. The Morgan fingerprint density at radius 1 is 1.29 bits per heavy atom. The third-order valence-electron chi connectivity index (χ3n) is 3.13. The molecule has 3 nitrogen and oxygen atoms in total. The first kappa shape index (κ1) is 18.1. The highest BCUT2D eigenvalue weighted by molar-refractivity contribution is 6.32. The van der Waals surface area contributed by atoms with E-state index in [1.807, 2.05) is 19.1 Å². The van der Waals surface area contributed by atoms with Gasteiger partial charge in [-0.3, -0.25) is 0 Å². The summed E-state index contributed by atoms with van der Waals surface area (Å²) in [6, 6.07) is 3.93. The molecule has 0 aliphatic heterocycles. The Bertz CT molecular complexity index is 455. The molecule has 1 rings (SSSR count). The lowest BCUT2D eigenvalue weighted by Crippen LogP contribution is -2.35. The molecule has 0 spiro atoms. The minimum absolute atomic E-state index is 0.0600. The van der Waals surface area contributed by atoms with Gasteiger partial charge in [0.1, 0.15) is 0 Å². The van der Waals surface area contributed by atoms with Crippen LogP contribution in [0.2, 0.25) is 5.02 Å². The number of ether oxygens (including phenoxy) is 2. The Balaban J connectivity index is 2.91. The summed E-state index contributed by atoms with van der Waals surface area (Å²) in [6.07, 6.45) is 2.20. The largest absolute Gasteiger partial charge is 0.493 e. The highest BCUT2D eigenvalue weighted by Gasteiger charge is 2.16. The quantitative estimate of drug-likeness (QED) is 0.784. The molecule has 1 aromatic rings. The van der Waals surface area contributed by atoms with Crippen molar-refractivity contribution in [3.05, 3.63) is 22.7 Å². The highest BCUT2D eigenvalue weighted by Crippen LogP contribution is 2.37. The second-order valence-electron chi connectivity index (χ2n) is 6.43. The fraction of sp³-hybridized carbons (Fsp3) is 0.647. The van der Waals surface area contributed by atoms with Gasteiger partial charge in [-0.15, -0.1) is 0 Å². The predicted octanol–water partition coefficient (Wildman–Crippen LogP) is 4.80. The number of halogens is 1. The lowest BCUT2D eigenvalue weighted by Gasteiger charge is -2.22. The molecule has 1 aromatic carbocycles. The summed E-state index contributed by atoms with van der Waals surface area (Å²) in [5, 5.41) is 4.04. The zero-order valence-electron chi connectivity index (χ0n) is 14.0. The second-order valence-corrected chi connectivity index (χ2v) is 6.84. The maximum Gasteiger partial charge on any atom is 0.180 e. The molecular weight excluding hydrogens is 286 g/mol. The summed E-state index contributed by atoms with van der Waals surface area (Å²) in [6.45, 7) is 11.3. The third kappa shape index (κ3) is 6.15. The molecule has 0 bridgehead atoms. The molecule has 0 fully saturated rings. The Kier molecular flexibility index (Phi) is 6.82. The summed E-state index contributed by atoms with van der Waals surface area (Å²) < 4.78 is 11.4. The molecule has 1 N–H and O–H groups in total. The van der Waals surface area contributed by atoms with Crippen LogP contribution in [-0.4, -0.2) is 18.8 Å². The van der Waals surface area contributed by atoms with Crippen molar-refractivity contribution in [2.45, 2.75) is 65.6 Å². The van der Waals surface area contributed by atoms with Gasteiger partial charge in [0.2, 0.25) is 0 Å².